The summed E-state index contributed by atoms with van der Waals surface area (Å²) in [4.78, 5) is 5.29. The van der Waals surface area contributed by atoms with Crippen LogP contribution < -0.4 is 5.32 Å². The van der Waals surface area contributed by atoms with Crippen molar-refractivity contribution in [2.24, 2.45) is 0 Å². The van der Waals surface area contributed by atoms with Gasteiger partial charge in [0.2, 0.25) is 0 Å². The van der Waals surface area contributed by atoms with Crippen molar-refractivity contribution in [3.63, 3.8) is 0 Å². The predicted octanol–water partition coefficient (Wildman–Crippen LogP) is 2.74. The maximum absolute atomic E-state index is 10.0. The van der Waals surface area contributed by atoms with Crippen molar-refractivity contribution in [1.29, 1.82) is 0 Å². The fraction of sp³-hybridized carbons (Fsp3) is 0.357. The Kier molecular flexibility index (Phi) is 4.87. The molecule has 2 heterocycles. The molecular weight excluding hydrogens is 244 g/mol. The minimum Gasteiger partial charge on any atom is -0.388 e. The second-order valence-electron chi connectivity index (χ2n) is 4.37. The van der Waals surface area contributed by atoms with E-state index in [1.165, 1.54) is 0 Å². The Balaban J connectivity index is 1.77. The van der Waals surface area contributed by atoms with Crippen molar-refractivity contribution >= 4 is 11.3 Å². The van der Waals surface area contributed by atoms with E-state index in [1.54, 1.807) is 17.5 Å². The highest BCUT2D eigenvalue weighted by molar-refractivity contribution is 7.10. The number of aromatic nitrogens is 1. The molecule has 3 nitrogen and oxygen atoms in total. The van der Waals surface area contributed by atoms with Crippen LogP contribution in [0.1, 0.15) is 30.0 Å². The predicted molar refractivity (Wildman–Crippen MR) is 74.4 cm³/mol. The Morgan fingerprint density at radius 1 is 1.33 bits per heavy atom. The normalized spacial score (nSPS) is 14.3. The molecule has 4 heteroatoms. The van der Waals surface area contributed by atoms with Crippen molar-refractivity contribution < 1.29 is 5.11 Å². The largest absolute Gasteiger partial charge is 0.388 e. The lowest BCUT2D eigenvalue weighted by Gasteiger charge is -2.16. The van der Waals surface area contributed by atoms with Gasteiger partial charge in [-0.2, -0.15) is 0 Å². The summed E-state index contributed by atoms with van der Waals surface area (Å²) in [7, 11) is 0. The van der Waals surface area contributed by atoms with Crippen LogP contribution in [0.25, 0.3) is 0 Å². The van der Waals surface area contributed by atoms with Crippen molar-refractivity contribution in [2.75, 3.05) is 0 Å². The Morgan fingerprint density at radius 3 is 2.89 bits per heavy atom. The Hall–Kier alpha value is -1.23. The van der Waals surface area contributed by atoms with Gasteiger partial charge in [-0.25, -0.2) is 0 Å². The van der Waals surface area contributed by atoms with E-state index in [4.69, 9.17) is 0 Å². The molecule has 0 aliphatic rings. The van der Waals surface area contributed by atoms with Gasteiger partial charge < -0.3 is 10.4 Å². The first-order valence-electron chi connectivity index (χ1n) is 6.10. The number of aliphatic hydroxyl groups is 1. The summed E-state index contributed by atoms with van der Waals surface area (Å²) in [5, 5.41) is 15.4. The van der Waals surface area contributed by atoms with Gasteiger partial charge in [-0.05, 0) is 36.9 Å². The minimum absolute atomic E-state index is 0.254. The van der Waals surface area contributed by atoms with Gasteiger partial charge in [-0.15, -0.1) is 11.3 Å². The molecule has 0 spiro atoms. The van der Waals surface area contributed by atoms with Crippen LogP contribution in [0.2, 0.25) is 0 Å². The molecule has 0 aliphatic heterocycles. The van der Waals surface area contributed by atoms with Crippen molar-refractivity contribution in [1.82, 2.24) is 10.3 Å². The van der Waals surface area contributed by atoms with E-state index in [1.807, 2.05) is 35.7 Å². The summed E-state index contributed by atoms with van der Waals surface area (Å²) in [5.41, 5.74) is 1.02. The van der Waals surface area contributed by atoms with Gasteiger partial charge in [0.1, 0.15) is 0 Å². The highest BCUT2D eigenvalue weighted by Crippen LogP contribution is 2.22. The maximum atomic E-state index is 10.0. The Bertz CT molecular complexity index is 444. The van der Waals surface area contributed by atoms with Gasteiger partial charge in [-0.3, -0.25) is 4.98 Å². The molecule has 0 unspecified atom stereocenters. The summed E-state index contributed by atoms with van der Waals surface area (Å²) in [6.07, 6.45) is 2.13. The zero-order chi connectivity index (χ0) is 12.8. The molecule has 0 aliphatic carbocycles. The zero-order valence-electron chi connectivity index (χ0n) is 10.4. The molecule has 0 amide bonds. The monoisotopic (exact) mass is 262 g/mol. The molecule has 0 radical (unpaired) electrons. The van der Waals surface area contributed by atoms with Gasteiger partial charge >= 0.3 is 0 Å². The van der Waals surface area contributed by atoms with E-state index >= 15 is 0 Å². The van der Waals surface area contributed by atoms with E-state index in [0.717, 1.165) is 17.1 Å². The van der Waals surface area contributed by atoms with Gasteiger partial charge in [0, 0.05) is 23.7 Å². The summed E-state index contributed by atoms with van der Waals surface area (Å²) < 4.78 is 0. The summed E-state index contributed by atoms with van der Waals surface area (Å²) in [6.45, 7) is 2.82. The number of thiophene rings is 1. The number of hydrogen-bond donors (Lipinski definition) is 2. The average molecular weight is 262 g/mol. The van der Waals surface area contributed by atoms with Crippen LogP contribution in [0.3, 0.4) is 0 Å². The molecule has 0 aromatic carbocycles. The lowest BCUT2D eigenvalue weighted by atomic mass is 10.1. The van der Waals surface area contributed by atoms with E-state index in [-0.39, 0.29) is 12.1 Å². The molecule has 2 N–H and O–H groups in total. The van der Waals surface area contributed by atoms with Crippen LogP contribution in [0.5, 0.6) is 0 Å². The number of nitrogens with one attached hydrogen (secondary N) is 1. The van der Waals surface area contributed by atoms with Crippen LogP contribution in [0.15, 0.2) is 41.9 Å². The number of nitrogens with zero attached hydrogens (tertiary/aromatic N) is 1. The molecule has 2 rings (SSSR count). The summed E-state index contributed by atoms with van der Waals surface area (Å²) >= 11 is 1.60. The van der Waals surface area contributed by atoms with Gasteiger partial charge in [0.15, 0.2) is 0 Å². The number of rotatable bonds is 6. The third-order valence-corrected chi connectivity index (χ3v) is 3.78. The number of aliphatic hydroxyl groups excluding tert-OH is 1. The first kappa shape index (κ1) is 13.2. The standard InChI is InChI=1S/C14H18N2OS/c1-11(9-13(17)14-6-4-8-18-14)16-10-12-5-2-3-7-15-12/h2-8,11,13,16-17H,9-10H2,1H3/t11-,13+/m0/s1. The summed E-state index contributed by atoms with van der Waals surface area (Å²) in [5.74, 6) is 0. The molecular formula is C14H18N2OS. The topological polar surface area (TPSA) is 45.1 Å². The zero-order valence-corrected chi connectivity index (χ0v) is 11.2. The minimum atomic E-state index is -0.378. The smallest absolute Gasteiger partial charge is 0.0896 e. The highest BCUT2D eigenvalue weighted by atomic mass is 32.1. The van der Waals surface area contributed by atoms with Crippen LogP contribution in [0.4, 0.5) is 0 Å². The third kappa shape index (κ3) is 3.91. The average Bonchev–Trinajstić information content (AvgIpc) is 2.91. The van der Waals surface area contributed by atoms with Crippen LogP contribution >= 0.6 is 11.3 Å². The Labute approximate surface area is 112 Å². The van der Waals surface area contributed by atoms with E-state index in [9.17, 15) is 5.11 Å². The summed E-state index contributed by atoms with van der Waals surface area (Å²) in [6, 6.07) is 10.1. The maximum Gasteiger partial charge on any atom is 0.0896 e. The first-order chi connectivity index (χ1) is 8.75. The fourth-order valence-electron chi connectivity index (χ4n) is 1.80. The highest BCUT2D eigenvalue weighted by Gasteiger charge is 2.12. The van der Waals surface area contributed by atoms with Crippen molar-refractivity contribution in [3.8, 4) is 0 Å². The van der Waals surface area contributed by atoms with Gasteiger partial charge in [-0.1, -0.05) is 12.1 Å². The molecule has 96 valence electrons. The van der Waals surface area contributed by atoms with E-state index < -0.39 is 0 Å². The lowest BCUT2D eigenvalue weighted by Crippen LogP contribution is -2.27. The van der Waals surface area contributed by atoms with E-state index in [2.05, 4.69) is 17.2 Å². The van der Waals surface area contributed by atoms with Crippen LogP contribution in [0, 0.1) is 0 Å². The second-order valence-corrected chi connectivity index (χ2v) is 5.35. The second kappa shape index (κ2) is 6.64. The molecule has 0 saturated carbocycles. The third-order valence-electron chi connectivity index (χ3n) is 2.81. The molecule has 18 heavy (non-hydrogen) atoms. The quantitative estimate of drug-likeness (QED) is 0.841. The van der Waals surface area contributed by atoms with Crippen molar-refractivity contribution in [2.45, 2.75) is 32.0 Å². The first-order valence-corrected chi connectivity index (χ1v) is 6.98. The van der Waals surface area contributed by atoms with Crippen LogP contribution in [-0.2, 0) is 6.54 Å². The van der Waals surface area contributed by atoms with Crippen LogP contribution in [-0.4, -0.2) is 16.1 Å². The SMILES string of the molecule is C[C@@H](C[C@@H](O)c1cccs1)NCc1ccccn1. The Morgan fingerprint density at radius 2 is 2.22 bits per heavy atom. The molecule has 0 bridgehead atoms. The molecule has 2 aromatic rings. The van der Waals surface area contributed by atoms with E-state index in [0.29, 0.717) is 6.42 Å². The lowest BCUT2D eigenvalue weighted by molar-refractivity contribution is 0.157. The fourth-order valence-corrected chi connectivity index (χ4v) is 2.52. The number of hydrogen-bond acceptors (Lipinski definition) is 4. The van der Waals surface area contributed by atoms with Crippen molar-refractivity contribution in [3.05, 3.63) is 52.5 Å². The molecule has 0 saturated heterocycles. The molecule has 2 atom stereocenters. The molecule has 2 aromatic heterocycles. The van der Waals surface area contributed by atoms with Gasteiger partial charge in [0.05, 0.1) is 11.8 Å². The molecule has 0 fully saturated rings. The number of pyridine rings is 1. The van der Waals surface area contributed by atoms with Gasteiger partial charge in [0.25, 0.3) is 0 Å².